The second-order valence-electron chi connectivity index (χ2n) is 6.85. The zero-order chi connectivity index (χ0) is 20.4. The normalized spacial score (nSPS) is 16.9. The molecule has 1 aromatic rings. The van der Waals surface area contributed by atoms with Crippen LogP contribution in [0.1, 0.15) is 19.3 Å². The van der Waals surface area contributed by atoms with Crippen molar-refractivity contribution in [3.8, 4) is 0 Å². The third-order valence-corrected chi connectivity index (χ3v) is 6.55. The van der Waals surface area contributed by atoms with Gasteiger partial charge in [-0.3, -0.25) is 4.99 Å². The number of sulfone groups is 1. The monoisotopic (exact) mass is 414 g/mol. The van der Waals surface area contributed by atoms with Gasteiger partial charge in [-0.2, -0.15) is 0 Å². The SMILES string of the molecule is CN=C(NCCS(=O)(=O)c1ccccc1F)NC1CCN(CCCOC)CC1. The number of benzene rings is 1. The summed E-state index contributed by atoms with van der Waals surface area (Å²) in [6.45, 7) is 4.01. The van der Waals surface area contributed by atoms with Crippen LogP contribution in [0.4, 0.5) is 4.39 Å². The smallest absolute Gasteiger partial charge is 0.191 e. The molecule has 1 aliphatic rings. The summed E-state index contributed by atoms with van der Waals surface area (Å²) in [5.41, 5.74) is 0. The Hall–Kier alpha value is -1.71. The van der Waals surface area contributed by atoms with Crippen molar-refractivity contribution in [2.45, 2.75) is 30.2 Å². The van der Waals surface area contributed by atoms with Gasteiger partial charge < -0.3 is 20.3 Å². The van der Waals surface area contributed by atoms with Gasteiger partial charge in [-0.15, -0.1) is 0 Å². The van der Waals surface area contributed by atoms with Crippen LogP contribution in [0.15, 0.2) is 34.2 Å². The first-order valence-corrected chi connectivity index (χ1v) is 11.3. The maximum Gasteiger partial charge on any atom is 0.191 e. The van der Waals surface area contributed by atoms with Crippen molar-refractivity contribution in [2.75, 3.05) is 52.7 Å². The van der Waals surface area contributed by atoms with Gasteiger partial charge in [0.1, 0.15) is 10.7 Å². The van der Waals surface area contributed by atoms with Crippen molar-refractivity contribution >= 4 is 15.8 Å². The fourth-order valence-electron chi connectivity index (χ4n) is 3.23. The Labute approximate surface area is 167 Å². The minimum Gasteiger partial charge on any atom is -0.385 e. The third kappa shape index (κ3) is 7.03. The first kappa shape index (κ1) is 22.6. The van der Waals surface area contributed by atoms with E-state index in [1.54, 1.807) is 14.2 Å². The van der Waals surface area contributed by atoms with Crippen molar-refractivity contribution in [2.24, 2.45) is 4.99 Å². The molecule has 1 aliphatic heterocycles. The number of nitrogens with zero attached hydrogens (tertiary/aromatic N) is 2. The molecular formula is C19H31FN4O3S. The summed E-state index contributed by atoms with van der Waals surface area (Å²) in [6.07, 6.45) is 3.04. The summed E-state index contributed by atoms with van der Waals surface area (Å²) in [5.74, 6) is -0.351. The van der Waals surface area contributed by atoms with Crippen molar-refractivity contribution in [3.05, 3.63) is 30.1 Å². The van der Waals surface area contributed by atoms with Crippen LogP contribution in [0.2, 0.25) is 0 Å². The largest absolute Gasteiger partial charge is 0.385 e. The second kappa shape index (κ2) is 11.3. The maximum absolute atomic E-state index is 13.7. The van der Waals surface area contributed by atoms with E-state index in [2.05, 4.69) is 20.5 Å². The molecule has 9 heteroatoms. The van der Waals surface area contributed by atoms with E-state index in [4.69, 9.17) is 4.74 Å². The molecule has 0 spiro atoms. The number of methoxy groups -OCH3 is 1. The Bertz CT molecular complexity index is 734. The first-order chi connectivity index (χ1) is 13.5. The Kier molecular flexibility index (Phi) is 9.14. The Morgan fingerprint density at radius 1 is 1.32 bits per heavy atom. The van der Waals surface area contributed by atoms with E-state index in [-0.39, 0.29) is 17.2 Å². The van der Waals surface area contributed by atoms with Gasteiger partial charge in [-0.25, -0.2) is 12.8 Å². The molecular weight excluding hydrogens is 383 g/mol. The summed E-state index contributed by atoms with van der Waals surface area (Å²) in [4.78, 5) is 6.33. The van der Waals surface area contributed by atoms with E-state index in [0.717, 1.165) is 51.6 Å². The second-order valence-corrected chi connectivity index (χ2v) is 8.93. The van der Waals surface area contributed by atoms with Gasteiger partial charge in [-0.1, -0.05) is 12.1 Å². The molecule has 0 amide bonds. The van der Waals surface area contributed by atoms with Crippen molar-refractivity contribution in [1.82, 2.24) is 15.5 Å². The summed E-state index contributed by atoms with van der Waals surface area (Å²) in [7, 11) is -0.312. The first-order valence-electron chi connectivity index (χ1n) is 9.62. The summed E-state index contributed by atoms with van der Waals surface area (Å²) < 4.78 is 43.4. The lowest BCUT2D eigenvalue weighted by Crippen LogP contribution is -2.49. The van der Waals surface area contributed by atoms with Crippen molar-refractivity contribution in [1.29, 1.82) is 0 Å². The molecule has 0 aromatic heterocycles. The van der Waals surface area contributed by atoms with Crippen molar-refractivity contribution < 1.29 is 17.5 Å². The van der Waals surface area contributed by atoms with Crippen LogP contribution in [0.3, 0.4) is 0 Å². The highest BCUT2D eigenvalue weighted by atomic mass is 32.2. The average molecular weight is 415 g/mol. The fourth-order valence-corrected chi connectivity index (χ4v) is 4.47. The molecule has 2 rings (SSSR count). The number of aliphatic imine (C=N–C) groups is 1. The molecule has 1 saturated heterocycles. The lowest BCUT2D eigenvalue weighted by Gasteiger charge is -2.33. The Morgan fingerprint density at radius 2 is 2.04 bits per heavy atom. The molecule has 0 bridgehead atoms. The van der Waals surface area contributed by atoms with Crippen LogP contribution in [-0.4, -0.2) is 78.0 Å². The van der Waals surface area contributed by atoms with Gasteiger partial charge >= 0.3 is 0 Å². The highest BCUT2D eigenvalue weighted by molar-refractivity contribution is 7.91. The van der Waals surface area contributed by atoms with Crippen LogP contribution >= 0.6 is 0 Å². The molecule has 0 aliphatic carbocycles. The standard InChI is InChI=1S/C19H31FN4O3S/c1-21-19(23-16-8-12-24(13-9-16)11-5-14-27-2)22-10-15-28(25,26)18-7-4-3-6-17(18)20/h3-4,6-7,16H,5,8-15H2,1-2H3,(H2,21,22,23). The molecule has 0 radical (unpaired) electrons. The van der Waals surface area contributed by atoms with E-state index in [9.17, 15) is 12.8 Å². The van der Waals surface area contributed by atoms with Crippen LogP contribution in [0, 0.1) is 5.82 Å². The molecule has 0 unspecified atom stereocenters. The van der Waals surface area contributed by atoms with E-state index < -0.39 is 15.7 Å². The van der Waals surface area contributed by atoms with Crippen LogP contribution in [0.5, 0.6) is 0 Å². The molecule has 1 fully saturated rings. The zero-order valence-electron chi connectivity index (χ0n) is 16.7. The number of ether oxygens (including phenoxy) is 1. The lowest BCUT2D eigenvalue weighted by atomic mass is 10.1. The van der Waals surface area contributed by atoms with E-state index in [0.29, 0.717) is 12.0 Å². The molecule has 1 heterocycles. The molecule has 158 valence electrons. The summed E-state index contributed by atoms with van der Waals surface area (Å²) in [6, 6.07) is 5.74. The molecule has 2 N–H and O–H groups in total. The predicted molar refractivity (Wildman–Crippen MR) is 109 cm³/mol. The number of likely N-dealkylation sites (tertiary alicyclic amines) is 1. The average Bonchev–Trinajstić information content (AvgIpc) is 2.68. The van der Waals surface area contributed by atoms with Gasteiger partial charge in [0.15, 0.2) is 15.8 Å². The van der Waals surface area contributed by atoms with Gasteiger partial charge in [-0.05, 0) is 31.4 Å². The summed E-state index contributed by atoms with van der Waals surface area (Å²) >= 11 is 0. The molecule has 0 saturated carbocycles. The lowest BCUT2D eigenvalue weighted by molar-refractivity contribution is 0.155. The van der Waals surface area contributed by atoms with Gasteiger partial charge in [0.25, 0.3) is 0 Å². The number of hydrogen-bond donors (Lipinski definition) is 2. The predicted octanol–water partition coefficient (Wildman–Crippen LogP) is 1.27. The van der Waals surface area contributed by atoms with Gasteiger partial charge in [0.05, 0.1) is 5.75 Å². The number of hydrogen-bond acceptors (Lipinski definition) is 5. The minimum absolute atomic E-state index is 0.159. The number of rotatable bonds is 9. The Balaban J connectivity index is 1.74. The Morgan fingerprint density at radius 3 is 2.68 bits per heavy atom. The van der Waals surface area contributed by atoms with Gasteiger partial charge in [0.2, 0.25) is 0 Å². The third-order valence-electron chi connectivity index (χ3n) is 4.81. The molecule has 1 aromatic carbocycles. The fraction of sp³-hybridized carbons (Fsp3) is 0.632. The maximum atomic E-state index is 13.7. The molecule has 0 atom stereocenters. The highest BCUT2D eigenvalue weighted by Crippen LogP contribution is 2.15. The quantitative estimate of drug-likeness (QED) is 0.360. The number of guanidine groups is 1. The number of nitrogens with one attached hydrogen (secondary N) is 2. The van der Waals surface area contributed by atoms with Crippen molar-refractivity contribution in [3.63, 3.8) is 0 Å². The van der Waals surface area contributed by atoms with Crippen LogP contribution in [0.25, 0.3) is 0 Å². The van der Waals surface area contributed by atoms with Gasteiger partial charge in [0, 0.05) is 53.0 Å². The van der Waals surface area contributed by atoms with E-state index in [1.807, 2.05) is 0 Å². The molecule has 28 heavy (non-hydrogen) atoms. The van der Waals surface area contributed by atoms with Crippen LogP contribution < -0.4 is 10.6 Å². The van der Waals surface area contributed by atoms with E-state index >= 15 is 0 Å². The highest BCUT2D eigenvalue weighted by Gasteiger charge is 2.21. The van der Waals surface area contributed by atoms with Crippen LogP contribution in [-0.2, 0) is 14.6 Å². The number of piperidine rings is 1. The summed E-state index contributed by atoms with van der Waals surface area (Å²) in [5, 5.41) is 6.37. The zero-order valence-corrected chi connectivity index (χ0v) is 17.5. The topological polar surface area (TPSA) is 83.0 Å². The van der Waals surface area contributed by atoms with E-state index in [1.165, 1.54) is 18.2 Å². The molecule has 7 nitrogen and oxygen atoms in total. The minimum atomic E-state index is -3.68. The number of halogens is 1.